The van der Waals surface area contributed by atoms with E-state index in [0.29, 0.717) is 4.88 Å². The molecule has 1 amide bonds. The molecule has 0 saturated carbocycles. The van der Waals surface area contributed by atoms with Crippen LogP contribution in [0.3, 0.4) is 0 Å². The van der Waals surface area contributed by atoms with Gasteiger partial charge in [-0.25, -0.2) is 4.79 Å². The minimum absolute atomic E-state index is 0.0284. The summed E-state index contributed by atoms with van der Waals surface area (Å²) < 4.78 is 5.60. The van der Waals surface area contributed by atoms with Gasteiger partial charge in [0.25, 0.3) is 11.6 Å². The summed E-state index contributed by atoms with van der Waals surface area (Å²) in [6.07, 6.45) is 0. The van der Waals surface area contributed by atoms with Gasteiger partial charge >= 0.3 is 5.97 Å². The quantitative estimate of drug-likeness (QED) is 0.451. The highest BCUT2D eigenvalue weighted by Crippen LogP contribution is 2.27. The van der Waals surface area contributed by atoms with E-state index in [1.54, 1.807) is 12.1 Å². The summed E-state index contributed by atoms with van der Waals surface area (Å²) in [5, 5.41) is 13.4. The lowest BCUT2D eigenvalue weighted by atomic mass is 10.2. The first-order valence-electron chi connectivity index (χ1n) is 6.03. The molecule has 23 heavy (non-hydrogen) atoms. The second-order valence-corrected chi connectivity index (χ2v) is 7.05. The lowest BCUT2D eigenvalue weighted by Gasteiger charge is -2.06. The molecule has 2 aromatic rings. The largest absolute Gasteiger partial charge is 0.451 e. The van der Waals surface area contributed by atoms with Gasteiger partial charge in [-0.1, -0.05) is 11.6 Å². The monoisotopic (exact) mass is 418 g/mol. The Kier molecular flexibility index (Phi) is 5.69. The summed E-state index contributed by atoms with van der Waals surface area (Å²) in [5.41, 5.74) is -0.376. The van der Waals surface area contributed by atoms with Gasteiger partial charge in [0.1, 0.15) is 10.6 Å². The molecule has 1 heterocycles. The molecular formula is C13H8BrClN2O5S. The third-order valence-corrected chi connectivity index (χ3v) is 4.38. The maximum atomic E-state index is 11.8. The van der Waals surface area contributed by atoms with Crippen LogP contribution in [0.5, 0.6) is 0 Å². The van der Waals surface area contributed by atoms with E-state index in [2.05, 4.69) is 21.2 Å². The Bertz CT molecular complexity index is 779. The van der Waals surface area contributed by atoms with E-state index < -0.39 is 23.4 Å². The number of amides is 1. The molecular weight excluding hydrogens is 412 g/mol. The molecule has 0 bridgehead atoms. The van der Waals surface area contributed by atoms with Gasteiger partial charge in [-0.05, 0) is 40.2 Å². The van der Waals surface area contributed by atoms with E-state index in [-0.39, 0.29) is 16.4 Å². The van der Waals surface area contributed by atoms with Crippen LogP contribution in [-0.4, -0.2) is 23.4 Å². The van der Waals surface area contributed by atoms with Crippen LogP contribution in [0.4, 0.5) is 11.4 Å². The second kappa shape index (κ2) is 7.53. The maximum absolute atomic E-state index is 11.8. The molecule has 0 unspecified atom stereocenters. The summed E-state index contributed by atoms with van der Waals surface area (Å²) in [5.74, 6) is -1.35. The number of anilines is 1. The van der Waals surface area contributed by atoms with Crippen molar-refractivity contribution >= 4 is 62.1 Å². The molecule has 0 aliphatic carbocycles. The summed E-state index contributed by atoms with van der Waals surface area (Å²) >= 11 is 10.1. The Labute approximate surface area is 147 Å². The Morgan fingerprint density at radius 2 is 2.09 bits per heavy atom. The molecule has 2 rings (SSSR count). The van der Waals surface area contributed by atoms with Crippen molar-refractivity contribution < 1.29 is 19.2 Å². The van der Waals surface area contributed by atoms with Crippen molar-refractivity contribution in [3.8, 4) is 0 Å². The van der Waals surface area contributed by atoms with Crippen LogP contribution in [0.15, 0.2) is 34.1 Å². The Morgan fingerprint density at radius 1 is 1.35 bits per heavy atom. The first-order valence-corrected chi connectivity index (χ1v) is 8.02. The smallest absolute Gasteiger partial charge is 0.348 e. The summed E-state index contributed by atoms with van der Waals surface area (Å²) in [7, 11) is 0. The van der Waals surface area contributed by atoms with E-state index in [1.807, 2.05) is 0 Å². The SMILES string of the molecule is O=C(COC(=O)c1ccc(Br)s1)Nc1ccc(Cl)cc1[N+](=O)[O-]. The minimum atomic E-state index is -0.695. The third-order valence-electron chi connectivity index (χ3n) is 2.54. The van der Waals surface area contributed by atoms with Crippen LogP contribution in [0.1, 0.15) is 9.67 Å². The molecule has 0 aliphatic rings. The topological polar surface area (TPSA) is 98.5 Å². The van der Waals surface area contributed by atoms with Crippen molar-refractivity contribution in [1.82, 2.24) is 0 Å². The van der Waals surface area contributed by atoms with E-state index in [9.17, 15) is 19.7 Å². The van der Waals surface area contributed by atoms with Gasteiger partial charge in [-0.3, -0.25) is 14.9 Å². The number of thiophene rings is 1. The van der Waals surface area contributed by atoms with E-state index in [0.717, 1.165) is 9.85 Å². The van der Waals surface area contributed by atoms with E-state index in [1.165, 1.54) is 23.5 Å². The predicted octanol–water partition coefficient (Wildman–Crippen LogP) is 3.87. The number of carbonyl (C=O) groups excluding carboxylic acids is 2. The normalized spacial score (nSPS) is 10.2. The zero-order valence-electron chi connectivity index (χ0n) is 11.2. The van der Waals surface area contributed by atoms with Crippen LogP contribution in [0, 0.1) is 10.1 Å². The number of rotatable bonds is 5. The average Bonchev–Trinajstić information content (AvgIpc) is 2.93. The molecule has 10 heteroatoms. The fourth-order valence-corrected chi connectivity index (χ4v) is 3.02. The van der Waals surface area contributed by atoms with Crippen molar-refractivity contribution in [2.75, 3.05) is 11.9 Å². The number of nitro benzene ring substituents is 1. The van der Waals surface area contributed by atoms with Crippen molar-refractivity contribution in [2.45, 2.75) is 0 Å². The highest BCUT2D eigenvalue weighted by molar-refractivity contribution is 9.11. The number of carbonyl (C=O) groups is 2. The van der Waals surface area contributed by atoms with Gasteiger partial charge < -0.3 is 10.1 Å². The van der Waals surface area contributed by atoms with Crippen LogP contribution in [-0.2, 0) is 9.53 Å². The van der Waals surface area contributed by atoms with Gasteiger partial charge in [0, 0.05) is 11.1 Å². The molecule has 0 atom stereocenters. The number of esters is 1. The third kappa shape index (κ3) is 4.75. The number of nitrogens with one attached hydrogen (secondary N) is 1. The zero-order valence-corrected chi connectivity index (χ0v) is 14.4. The molecule has 0 aliphatic heterocycles. The van der Waals surface area contributed by atoms with Crippen molar-refractivity contribution in [2.24, 2.45) is 0 Å². The second-order valence-electron chi connectivity index (χ2n) is 4.15. The molecule has 0 spiro atoms. The van der Waals surface area contributed by atoms with Crippen LogP contribution in [0.25, 0.3) is 0 Å². The number of nitrogens with zero attached hydrogens (tertiary/aromatic N) is 1. The summed E-state index contributed by atoms with van der Waals surface area (Å²) in [6, 6.07) is 7.06. The summed E-state index contributed by atoms with van der Waals surface area (Å²) in [6.45, 7) is -0.561. The molecule has 1 N–H and O–H groups in total. The van der Waals surface area contributed by atoms with Crippen molar-refractivity contribution in [1.29, 1.82) is 0 Å². The minimum Gasteiger partial charge on any atom is -0.451 e. The highest BCUT2D eigenvalue weighted by atomic mass is 79.9. The maximum Gasteiger partial charge on any atom is 0.348 e. The van der Waals surface area contributed by atoms with Gasteiger partial charge in [0.2, 0.25) is 0 Å². The summed E-state index contributed by atoms with van der Waals surface area (Å²) in [4.78, 5) is 34.0. The van der Waals surface area contributed by atoms with Gasteiger partial charge in [-0.15, -0.1) is 11.3 Å². The lowest BCUT2D eigenvalue weighted by molar-refractivity contribution is -0.383. The van der Waals surface area contributed by atoms with E-state index >= 15 is 0 Å². The Hall–Kier alpha value is -1.97. The molecule has 1 aromatic carbocycles. The predicted molar refractivity (Wildman–Crippen MR) is 89.0 cm³/mol. The first-order chi connectivity index (χ1) is 10.9. The fraction of sp³-hybridized carbons (Fsp3) is 0.0769. The van der Waals surface area contributed by atoms with E-state index in [4.69, 9.17) is 16.3 Å². The molecule has 0 radical (unpaired) electrons. The van der Waals surface area contributed by atoms with Crippen molar-refractivity contribution in [3.63, 3.8) is 0 Å². The average molecular weight is 420 g/mol. The molecule has 7 nitrogen and oxygen atoms in total. The number of halogens is 2. The van der Waals surface area contributed by atoms with Gasteiger partial charge in [0.15, 0.2) is 6.61 Å². The number of benzene rings is 1. The molecule has 0 fully saturated rings. The number of nitro groups is 1. The Balaban J connectivity index is 1.97. The molecule has 120 valence electrons. The number of hydrogen-bond acceptors (Lipinski definition) is 6. The van der Waals surface area contributed by atoms with Gasteiger partial charge in [0.05, 0.1) is 8.71 Å². The van der Waals surface area contributed by atoms with Crippen LogP contribution in [0.2, 0.25) is 5.02 Å². The van der Waals surface area contributed by atoms with Crippen molar-refractivity contribution in [3.05, 3.63) is 54.1 Å². The van der Waals surface area contributed by atoms with Crippen LogP contribution >= 0.6 is 38.9 Å². The van der Waals surface area contributed by atoms with Crippen LogP contribution < -0.4 is 5.32 Å². The highest BCUT2D eigenvalue weighted by Gasteiger charge is 2.18. The van der Waals surface area contributed by atoms with Gasteiger partial charge in [-0.2, -0.15) is 0 Å². The number of ether oxygens (including phenoxy) is 1. The molecule has 1 aromatic heterocycles. The first kappa shape index (κ1) is 17.4. The standard InChI is InChI=1S/C13H8BrClN2O5S/c14-11-4-3-10(23-11)13(19)22-6-12(18)16-8-2-1-7(15)5-9(8)17(20)21/h1-5H,6H2,(H,16,18). The lowest BCUT2D eigenvalue weighted by Crippen LogP contribution is -2.21. The number of hydrogen-bond donors (Lipinski definition) is 1. The molecule has 0 saturated heterocycles. The Morgan fingerprint density at radius 3 is 2.70 bits per heavy atom. The zero-order chi connectivity index (χ0) is 17.0. The fourth-order valence-electron chi connectivity index (χ4n) is 1.57.